The molecule has 22 heavy (non-hydrogen) atoms. The van der Waals surface area contributed by atoms with Crippen molar-refractivity contribution < 1.29 is 0 Å². The van der Waals surface area contributed by atoms with E-state index in [1.54, 1.807) is 0 Å². The molecule has 0 aliphatic carbocycles. The monoisotopic (exact) mass is 289 g/mol. The van der Waals surface area contributed by atoms with Crippen molar-refractivity contribution in [1.29, 1.82) is 0 Å². The molecule has 0 bridgehead atoms. The highest BCUT2D eigenvalue weighted by Gasteiger charge is 2.11. The lowest BCUT2D eigenvalue weighted by Crippen LogP contribution is -2.12. The van der Waals surface area contributed by atoms with Crippen molar-refractivity contribution in [2.24, 2.45) is 0 Å². The molecule has 0 fully saturated rings. The van der Waals surface area contributed by atoms with Gasteiger partial charge >= 0.3 is 0 Å². The SMILES string of the molecule is CCn1cc(-c2ccccc2)c(=O)c(-c2cccc(C)c2)c1. The zero-order valence-electron chi connectivity index (χ0n) is 12.9. The first kappa shape index (κ1) is 14.3. The van der Waals surface area contributed by atoms with Gasteiger partial charge in [0.2, 0.25) is 0 Å². The largest absolute Gasteiger partial charge is 0.353 e. The molecule has 0 amide bonds. The topological polar surface area (TPSA) is 22.0 Å². The molecular formula is C20H19NO. The van der Waals surface area contributed by atoms with Crippen LogP contribution in [0.3, 0.4) is 0 Å². The Balaban J connectivity index is 2.26. The standard InChI is InChI=1S/C20H19NO/c1-3-21-13-18(16-9-5-4-6-10-16)20(22)19(14-21)17-11-7-8-15(2)12-17/h4-14H,3H2,1-2H3. The van der Waals surface area contributed by atoms with Crippen LogP contribution in [0.5, 0.6) is 0 Å². The molecule has 0 aliphatic heterocycles. The first-order valence-corrected chi connectivity index (χ1v) is 7.55. The third-order valence-corrected chi connectivity index (χ3v) is 3.86. The Morgan fingerprint density at radius 3 is 2.14 bits per heavy atom. The van der Waals surface area contributed by atoms with Crippen molar-refractivity contribution in [2.75, 3.05) is 0 Å². The summed E-state index contributed by atoms with van der Waals surface area (Å²) in [7, 11) is 0. The predicted molar refractivity (Wildman–Crippen MR) is 92.0 cm³/mol. The highest BCUT2D eigenvalue weighted by atomic mass is 16.1. The van der Waals surface area contributed by atoms with E-state index in [1.807, 2.05) is 67.8 Å². The Kier molecular flexibility index (Phi) is 3.92. The quantitative estimate of drug-likeness (QED) is 0.695. The average Bonchev–Trinajstić information content (AvgIpc) is 2.56. The molecule has 0 unspecified atom stereocenters. The van der Waals surface area contributed by atoms with E-state index in [4.69, 9.17) is 0 Å². The summed E-state index contributed by atoms with van der Waals surface area (Å²) in [5.41, 5.74) is 4.69. The van der Waals surface area contributed by atoms with Gasteiger partial charge in [-0.25, -0.2) is 0 Å². The van der Waals surface area contributed by atoms with Gasteiger partial charge in [0.1, 0.15) is 0 Å². The number of aryl methyl sites for hydroxylation is 2. The van der Waals surface area contributed by atoms with E-state index in [0.29, 0.717) is 0 Å². The third-order valence-electron chi connectivity index (χ3n) is 3.86. The van der Waals surface area contributed by atoms with E-state index >= 15 is 0 Å². The fourth-order valence-electron chi connectivity index (χ4n) is 2.66. The van der Waals surface area contributed by atoms with Gasteiger partial charge in [-0.3, -0.25) is 4.79 Å². The van der Waals surface area contributed by atoms with Gasteiger partial charge in [-0.05, 0) is 25.0 Å². The first-order valence-electron chi connectivity index (χ1n) is 7.55. The van der Waals surface area contributed by atoms with Crippen molar-refractivity contribution >= 4 is 0 Å². The fraction of sp³-hybridized carbons (Fsp3) is 0.150. The fourth-order valence-corrected chi connectivity index (χ4v) is 2.66. The molecule has 0 N–H and O–H groups in total. The van der Waals surface area contributed by atoms with Gasteiger partial charge in [0.25, 0.3) is 0 Å². The van der Waals surface area contributed by atoms with Crippen LogP contribution in [0.1, 0.15) is 12.5 Å². The third kappa shape index (κ3) is 2.73. The molecule has 0 spiro atoms. The summed E-state index contributed by atoms with van der Waals surface area (Å²) in [6.45, 7) is 4.96. The van der Waals surface area contributed by atoms with E-state index in [-0.39, 0.29) is 5.43 Å². The lowest BCUT2D eigenvalue weighted by Gasteiger charge is -2.11. The molecule has 110 valence electrons. The summed E-state index contributed by atoms with van der Waals surface area (Å²) < 4.78 is 2.07. The summed E-state index contributed by atoms with van der Waals surface area (Å²) in [5, 5.41) is 0. The van der Waals surface area contributed by atoms with Crippen molar-refractivity contribution in [3.63, 3.8) is 0 Å². The second kappa shape index (κ2) is 6.02. The second-order valence-corrected chi connectivity index (χ2v) is 5.48. The van der Waals surface area contributed by atoms with E-state index in [0.717, 1.165) is 34.4 Å². The van der Waals surface area contributed by atoms with Gasteiger partial charge in [-0.2, -0.15) is 0 Å². The Labute approximate surface area is 130 Å². The molecule has 2 aromatic carbocycles. The predicted octanol–water partition coefficient (Wildman–Crippen LogP) is 4.51. The summed E-state index contributed by atoms with van der Waals surface area (Å²) >= 11 is 0. The summed E-state index contributed by atoms with van der Waals surface area (Å²) in [6.07, 6.45) is 3.89. The zero-order valence-corrected chi connectivity index (χ0v) is 12.9. The van der Waals surface area contributed by atoms with Crippen LogP contribution in [0.2, 0.25) is 0 Å². The van der Waals surface area contributed by atoms with Crippen LogP contribution >= 0.6 is 0 Å². The minimum Gasteiger partial charge on any atom is -0.353 e. The van der Waals surface area contributed by atoms with Crippen LogP contribution in [0.25, 0.3) is 22.3 Å². The minimum atomic E-state index is 0.0847. The van der Waals surface area contributed by atoms with Crippen LogP contribution in [0, 0.1) is 6.92 Å². The van der Waals surface area contributed by atoms with E-state index in [2.05, 4.69) is 17.6 Å². The molecule has 1 heterocycles. The van der Waals surface area contributed by atoms with Gasteiger partial charge in [-0.15, -0.1) is 0 Å². The van der Waals surface area contributed by atoms with E-state index in [9.17, 15) is 4.79 Å². The second-order valence-electron chi connectivity index (χ2n) is 5.48. The molecule has 0 saturated heterocycles. The molecular weight excluding hydrogens is 270 g/mol. The molecule has 0 aliphatic rings. The maximum atomic E-state index is 12.9. The molecule has 0 atom stereocenters. The molecule has 3 rings (SSSR count). The van der Waals surface area contributed by atoms with Crippen LogP contribution in [0.4, 0.5) is 0 Å². The number of nitrogens with zero attached hydrogens (tertiary/aromatic N) is 1. The summed E-state index contributed by atoms with van der Waals surface area (Å²) in [4.78, 5) is 12.9. The van der Waals surface area contributed by atoms with Crippen LogP contribution in [-0.2, 0) is 6.54 Å². The van der Waals surface area contributed by atoms with Crippen LogP contribution < -0.4 is 5.43 Å². The number of rotatable bonds is 3. The Hall–Kier alpha value is -2.61. The lowest BCUT2D eigenvalue weighted by atomic mass is 10.00. The zero-order chi connectivity index (χ0) is 15.5. The maximum Gasteiger partial charge on any atom is 0.197 e. The molecule has 2 heteroatoms. The smallest absolute Gasteiger partial charge is 0.197 e. The van der Waals surface area contributed by atoms with Crippen molar-refractivity contribution in [2.45, 2.75) is 20.4 Å². The number of hydrogen-bond donors (Lipinski definition) is 0. The van der Waals surface area contributed by atoms with E-state index in [1.165, 1.54) is 0 Å². The highest BCUT2D eigenvalue weighted by molar-refractivity contribution is 5.72. The summed E-state index contributed by atoms with van der Waals surface area (Å²) in [5.74, 6) is 0. The maximum absolute atomic E-state index is 12.9. The van der Waals surface area contributed by atoms with Crippen LogP contribution in [0.15, 0.2) is 71.8 Å². The lowest BCUT2D eigenvalue weighted by molar-refractivity contribution is 0.757. The van der Waals surface area contributed by atoms with E-state index < -0.39 is 0 Å². The van der Waals surface area contributed by atoms with Crippen LogP contribution in [-0.4, -0.2) is 4.57 Å². The normalized spacial score (nSPS) is 10.6. The molecule has 3 aromatic rings. The first-order chi connectivity index (χ1) is 10.7. The number of benzene rings is 2. The van der Waals surface area contributed by atoms with Crippen molar-refractivity contribution in [3.8, 4) is 22.3 Å². The Morgan fingerprint density at radius 2 is 1.50 bits per heavy atom. The summed E-state index contributed by atoms with van der Waals surface area (Å²) in [6, 6.07) is 18.0. The molecule has 1 aromatic heterocycles. The Bertz CT molecular complexity index is 847. The molecule has 0 saturated carbocycles. The Morgan fingerprint density at radius 1 is 0.864 bits per heavy atom. The number of pyridine rings is 1. The average molecular weight is 289 g/mol. The van der Waals surface area contributed by atoms with Gasteiger partial charge in [0, 0.05) is 30.1 Å². The van der Waals surface area contributed by atoms with Gasteiger partial charge < -0.3 is 4.57 Å². The molecule has 0 radical (unpaired) electrons. The highest BCUT2D eigenvalue weighted by Crippen LogP contribution is 2.21. The number of hydrogen-bond acceptors (Lipinski definition) is 1. The number of aromatic nitrogens is 1. The van der Waals surface area contributed by atoms with Crippen molar-refractivity contribution in [1.82, 2.24) is 4.57 Å². The van der Waals surface area contributed by atoms with Gasteiger partial charge in [-0.1, -0.05) is 60.2 Å². The van der Waals surface area contributed by atoms with Gasteiger partial charge in [0.05, 0.1) is 0 Å². The molecule has 2 nitrogen and oxygen atoms in total. The van der Waals surface area contributed by atoms with Crippen molar-refractivity contribution in [3.05, 3.63) is 82.8 Å². The van der Waals surface area contributed by atoms with Gasteiger partial charge in [0.15, 0.2) is 5.43 Å². The minimum absolute atomic E-state index is 0.0847.